The number of halogens is 2. The molecular formula is C19H26Cl2N2O3. The minimum absolute atomic E-state index is 0.0255. The van der Waals surface area contributed by atoms with Gasteiger partial charge in [0.1, 0.15) is 0 Å². The molecule has 2 aliphatic rings. The van der Waals surface area contributed by atoms with E-state index in [4.69, 9.17) is 32.7 Å². The van der Waals surface area contributed by atoms with Gasteiger partial charge in [-0.1, -0.05) is 42.5 Å². The molecule has 3 rings (SSSR count). The number of amides is 1. The first-order chi connectivity index (χ1) is 12.6. The minimum Gasteiger partial charge on any atom is -0.494 e. The number of benzene rings is 1. The van der Waals surface area contributed by atoms with Crippen LogP contribution in [0.4, 0.5) is 0 Å². The Morgan fingerprint density at radius 3 is 2.38 bits per heavy atom. The lowest BCUT2D eigenvalue weighted by Gasteiger charge is -2.48. The molecule has 5 nitrogen and oxygen atoms in total. The Labute approximate surface area is 164 Å². The molecule has 0 atom stereocenters. The van der Waals surface area contributed by atoms with Crippen LogP contribution < -0.4 is 10.1 Å². The summed E-state index contributed by atoms with van der Waals surface area (Å²) in [4.78, 5) is 15.2. The predicted molar refractivity (Wildman–Crippen MR) is 104 cm³/mol. The molecular weight excluding hydrogens is 375 g/mol. The van der Waals surface area contributed by atoms with Crippen LogP contribution in [-0.2, 0) is 4.74 Å². The summed E-state index contributed by atoms with van der Waals surface area (Å²) in [6.45, 7) is 4.01. The van der Waals surface area contributed by atoms with Gasteiger partial charge in [-0.25, -0.2) is 0 Å². The van der Waals surface area contributed by atoms with E-state index in [1.165, 1.54) is 26.4 Å². The monoisotopic (exact) mass is 400 g/mol. The lowest BCUT2D eigenvalue weighted by molar-refractivity contribution is -0.0361. The fraction of sp³-hybridized carbons (Fsp3) is 0.632. The number of nitrogens with one attached hydrogen (secondary N) is 1. The maximum absolute atomic E-state index is 12.7. The van der Waals surface area contributed by atoms with Gasteiger partial charge in [-0.15, -0.1) is 0 Å². The number of hydrogen-bond acceptors (Lipinski definition) is 4. The summed E-state index contributed by atoms with van der Waals surface area (Å²) in [6.07, 6.45) is 5.89. The number of hydrogen-bond donors (Lipinski definition) is 1. The van der Waals surface area contributed by atoms with Crippen molar-refractivity contribution in [2.75, 3.05) is 40.0 Å². The summed E-state index contributed by atoms with van der Waals surface area (Å²) in [5.74, 6) is 0.233. The van der Waals surface area contributed by atoms with Crippen LogP contribution in [0.25, 0.3) is 0 Å². The minimum atomic E-state index is -0.158. The maximum atomic E-state index is 12.7. The fourth-order valence-electron chi connectivity index (χ4n) is 4.09. The summed E-state index contributed by atoms with van der Waals surface area (Å²) in [5.41, 5.74) is 0.478. The lowest BCUT2D eigenvalue weighted by Crippen LogP contribution is -2.59. The molecule has 1 aliphatic heterocycles. The largest absolute Gasteiger partial charge is 0.494 e. The Morgan fingerprint density at radius 2 is 1.81 bits per heavy atom. The Kier molecular flexibility index (Phi) is 6.67. The van der Waals surface area contributed by atoms with Gasteiger partial charge in [0.25, 0.3) is 5.91 Å². The molecule has 1 amide bonds. The van der Waals surface area contributed by atoms with Crippen LogP contribution >= 0.6 is 23.2 Å². The second-order valence-electron chi connectivity index (χ2n) is 7.04. The van der Waals surface area contributed by atoms with Gasteiger partial charge in [-0.3, -0.25) is 9.69 Å². The quantitative estimate of drug-likeness (QED) is 0.816. The van der Waals surface area contributed by atoms with Crippen molar-refractivity contribution < 1.29 is 14.3 Å². The molecule has 1 aromatic carbocycles. The number of ether oxygens (including phenoxy) is 2. The molecule has 0 unspecified atom stereocenters. The summed E-state index contributed by atoms with van der Waals surface area (Å²) in [5, 5.41) is 3.80. The van der Waals surface area contributed by atoms with Crippen molar-refractivity contribution in [3.05, 3.63) is 27.7 Å². The Morgan fingerprint density at radius 1 is 1.19 bits per heavy atom. The molecule has 1 N–H and O–H groups in total. The predicted octanol–water partition coefficient (Wildman–Crippen LogP) is 3.77. The smallest absolute Gasteiger partial charge is 0.251 e. The van der Waals surface area contributed by atoms with E-state index in [9.17, 15) is 4.79 Å². The van der Waals surface area contributed by atoms with Gasteiger partial charge in [0.15, 0.2) is 5.75 Å². The van der Waals surface area contributed by atoms with E-state index in [-0.39, 0.29) is 11.4 Å². The molecule has 1 saturated heterocycles. The highest BCUT2D eigenvalue weighted by Crippen LogP contribution is 2.35. The lowest BCUT2D eigenvalue weighted by atomic mass is 9.79. The van der Waals surface area contributed by atoms with Crippen molar-refractivity contribution in [1.29, 1.82) is 0 Å². The topological polar surface area (TPSA) is 50.8 Å². The van der Waals surface area contributed by atoms with Crippen LogP contribution in [0.15, 0.2) is 12.1 Å². The average Bonchev–Trinajstić information content (AvgIpc) is 2.67. The van der Waals surface area contributed by atoms with E-state index in [0.717, 1.165) is 39.1 Å². The number of carbonyl (C=O) groups excluding carboxylic acids is 1. The average molecular weight is 401 g/mol. The van der Waals surface area contributed by atoms with E-state index in [1.807, 2.05) is 0 Å². The molecule has 1 aliphatic carbocycles. The highest BCUT2D eigenvalue weighted by atomic mass is 35.5. The second kappa shape index (κ2) is 8.79. The molecule has 144 valence electrons. The van der Waals surface area contributed by atoms with Crippen molar-refractivity contribution in [1.82, 2.24) is 10.2 Å². The van der Waals surface area contributed by atoms with Crippen LogP contribution in [0.5, 0.6) is 5.75 Å². The molecule has 1 heterocycles. The number of methoxy groups -OCH3 is 1. The van der Waals surface area contributed by atoms with Crippen LogP contribution in [0.1, 0.15) is 42.5 Å². The standard InChI is InChI=1S/C19H26Cl2N2O3/c1-25-17-15(20)11-14(12-16(17)21)18(24)22-13-19(5-3-2-4-6-19)23-7-9-26-10-8-23/h11-12H,2-10,13H2,1H3,(H,22,24). The zero-order chi connectivity index (χ0) is 18.6. The second-order valence-corrected chi connectivity index (χ2v) is 7.85. The van der Waals surface area contributed by atoms with Gasteiger partial charge in [-0.2, -0.15) is 0 Å². The molecule has 0 bridgehead atoms. The molecule has 1 aromatic rings. The Bertz CT molecular complexity index is 619. The van der Waals surface area contributed by atoms with Crippen LogP contribution in [-0.4, -0.2) is 56.3 Å². The fourth-order valence-corrected chi connectivity index (χ4v) is 4.73. The normalized spacial score (nSPS) is 20.6. The van der Waals surface area contributed by atoms with E-state index in [2.05, 4.69) is 10.2 Å². The third kappa shape index (κ3) is 4.28. The number of carbonyl (C=O) groups is 1. The Balaban J connectivity index is 1.71. The van der Waals surface area contributed by atoms with Crippen molar-refractivity contribution in [3.63, 3.8) is 0 Å². The summed E-state index contributed by atoms with van der Waals surface area (Å²) in [6, 6.07) is 3.20. The van der Waals surface area contributed by atoms with E-state index in [0.29, 0.717) is 27.9 Å². The zero-order valence-corrected chi connectivity index (χ0v) is 16.7. The first kappa shape index (κ1) is 19.7. The molecule has 26 heavy (non-hydrogen) atoms. The van der Waals surface area contributed by atoms with Crippen LogP contribution in [0.3, 0.4) is 0 Å². The van der Waals surface area contributed by atoms with Crippen LogP contribution in [0.2, 0.25) is 10.0 Å². The van der Waals surface area contributed by atoms with Gasteiger partial charge in [0.2, 0.25) is 0 Å². The number of nitrogens with zero attached hydrogens (tertiary/aromatic N) is 1. The molecule has 0 radical (unpaired) electrons. The molecule has 0 aromatic heterocycles. The van der Waals surface area contributed by atoms with E-state index >= 15 is 0 Å². The van der Waals surface area contributed by atoms with Gasteiger partial charge in [0, 0.05) is 30.7 Å². The van der Waals surface area contributed by atoms with Crippen molar-refractivity contribution in [3.8, 4) is 5.75 Å². The van der Waals surface area contributed by atoms with Crippen molar-refractivity contribution >= 4 is 29.1 Å². The molecule has 0 spiro atoms. The first-order valence-electron chi connectivity index (χ1n) is 9.20. The van der Waals surface area contributed by atoms with Gasteiger partial charge in [-0.05, 0) is 25.0 Å². The highest BCUT2D eigenvalue weighted by molar-refractivity contribution is 6.37. The molecule has 2 fully saturated rings. The van der Waals surface area contributed by atoms with E-state index in [1.54, 1.807) is 12.1 Å². The summed E-state index contributed by atoms with van der Waals surface area (Å²) >= 11 is 12.3. The van der Waals surface area contributed by atoms with Gasteiger partial charge < -0.3 is 14.8 Å². The third-order valence-electron chi connectivity index (χ3n) is 5.51. The van der Waals surface area contributed by atoms with Crippen molar-refractivity contribution in [2.45, 2.75) is 37.6 Å². The number of rotatable bonds is 5. The molecule has 1 saturated carbocycles. The first-order valence-corrected chi connectivity index (χ1v) is 9.95. The maximum Gasteiger partial charge on any atom is 0.251 e. The van der Waals surface area contributed by atoms with E-state index < -0.39 is 0 Å². The van der Waals surface area contributed by atoms with Crippen LogP contribution in [0, 0.1) is 0 Å². The number of morpholine rings is 1. The van der Waals surface area contributed by atoms with Gasteiger partial charge >= 0.3 is 0 Å². The third-order valence-corrected chi connectivity index (χ3v) is 6.07. The van der Waals surface area contributed by atoms with Crippen molar-refractivity contribution in [2.24, 2.45) is 0 Å². The van der Waals surface area contributed by atoms with Gasteiger partial charge in [0.05, 0.1) is 30.4 Å². The summed E-state index contributed by atoms with van der Waals surface area (Å²) in [7, 11) is 1.50. The highest BCUT2D eigenvalue weighted by Gasteiger charge is 2.38. The zero-order valence-electron chi connectivity index (χ0n) is 15.2. The summed E-state index contributed by atoms with van der Waals surface area (Å²) < 4.78 is 10.7. The SMILES string of the molecule is COc1c(Cl)cc(C(=O)NCC2(N3CCOCC3)CCCCC2)cc1Cl. The Hall–Kier alpha value is -1.01. The molecule has 7 heteroatoms.